The van der Waals surface area contributed by atoms with Crippen LogP contribution in [0, 0.1) is 6.92 Å². The quantitative estimate of drug-likeness (QED) is 0.796. The SMILES string of the molecule is CC(=O)N1CCC[C@@H]1c1nc(C)cc(N(C)C)n1. The molecule has 0 aliphatic carbocycles. The van der Waals surface area contributed by atoms with Crippen LogP contribution in [0.3, 0.4) is 0 Å². The summed E-state index contributed by atoms with van der Waals surface area (Å²) in [6.45, 7) is 4.39. The molecule has 1 fully saturated rings. The number of aryl methyl sites for hydroxylation is 1. The topological polar surface area (TPSA) is 49.3 Å². The van der Waals surface area contributed by atoms with E-state index < -0.39 is 0 Å². The van der Waals surface area contributed by atoms with Gasteiger partial charge in [-0.2, -0.15) is 0 Å². The largest absolute Gasteiger partial charge is 0.363 e. The van der Waals surface area contributed by atoms with Gasteiger partial charge in [0.25, 0.3) is 0 Å². The van der Waals surface area contributed by atoms with Crippen LogP contribution < -0.4 is 4.90 Å². The summed E-state index contributed by atoms with van der Waals surface area (Å²) >= 11 is 0. The molecule has 5 heteroatoms. The molecule has 1 aliphatic rings. The number of hydrogen-bond acceptors (Lipinski definition) is 4. The van der Waals surface area contributed by atoms with E-state index in [0.717, 1.165) is 36.7 Å². The molecule has 0 unspecified atom stereocenters. The monoisotopic (exact) mass is 248 g/mol. The fraction of sp³-hybridized carbons (Fsp3) is 0.615. The van der Waals surface area contributed by atoms with E-state index in [1.807, 2.05) is 36.9 Å². The van der Waals surface area contributed by atoms with E-state index in [1.54, 1.807) is 6.92 Å². The maximum atomic E-state index is 11.6. The van der Waals surface area contributed by atoms with Crippen molar-refractivity contribution in [1.82, 2.24) is 14.9 Å². The van der Waals surface area contributed by atoms with Crippen molar-refractivity contribution in [1.29, 1.82) is 0 Å². The molecule has 0 bridgehead atoms. The molecule has 98 valence electrons. The van der Waals surface area contributed by atoms with Gasteiger partial charge in [-0.15, -0.1) is 0 Å². The Morgan fingerprint density at radius 1 is 1.44 bits per heavy atom. The third-order valence-corrected chi connectivity index (χ3v) is 3.27. The van der Waals surface area contributed by atoms with Gasteiger partial charge in [-0.1, -0.05) is 0 Å². The Kier molecular flexibility index (Phi) is 3.50. The highest BCUT2D eigenvalue weighted by Crippen LogP contribution is 2.30. The zero-order valence-electron chi connectivity index (χ0n) is 11.5. The molecule has 0 N–H and O–H groups in total. The van der Waals surface area contributed by atoms with Crippen LogP contribution in [0.15, 0.2) is 6.07 Å². The van der Waals surface area contributed by atoms with E-state index in [-0.39, 0.29) is 11.9 Å². The normalized spacial score (nSPS) is 19.1. The highest BCUT2D eigenvalue weighted by Gasteiger charge is 2.30. The Balaban J connectivity index is 2.35. The highest BCUT2D eigenvalue weighted by atomic mass is 16.2. The molecule has 5 nitrogen and oxygen atoms in total. The molecule has 1 aliphatic heterocycles. The number of aromatic nitrogens is 2. The first-order valence-electron chi connectivity index (χ1n) is 6.29. The second kappa shape index (κ2) is 4.92. The third-order valence-electron chi connectivity index (χ3n) is 3.27. The zero-order valence-corrected chi connectivity index (χ0v) is 11.5. The number of nitrogens with zero attached hydrogens (tertiary/aromatic N) is 4. The van der Waals surface area contributed by atoms with E-state index in [0.29, 0.717) is 0 Å². The predicted molar refractivity (Wildman–Crippen MR) is 70.5 cm³/mol. The van der Waals surface area contributed by atoms with Crippen molar-refractivity contribution < 1.29 is 4.79 Å². The van der Waals surface area contributed by atoms with Crippen LogP contribution in [-0.4, -0.2) is 41.4 Å². The first kappa shape index (κ1) is 12.8. The molecule has 0 radical (unpaired) electrons. The zero-order chi connectivity index (χ0) is 13.3. The van der Waals surface area contributed by atoms with Gasteiger partial charge in [-0.05, 0) is 19.8 Å². The molecule has 18 heavy (non-hydrogen) atoms. The second-order valence-electron chi connectivity index (χ2n) is 4.99. The van der Waals surface area contributed by atoms with Crippen LogP contribution in [0.25, 0.3) is 0 Å². The Labute approximate surface area is 108 Å². The molecule has 0 saturated carbocycles. The number of carbonyl (C=O) groups is 1. The molecule has 1 saturated heterocycles. The molecule has 1 amide bonds. The van der Waals surface area contributed by atoms with Crippen molar-refractivity contribution in [2.45, 2.75) is 32.7 Å². The van der Waals surface area contributed by atoms with Gasteiger partial charge in [0.2, 0.25) is 5.91 Å². The summed E-state index contributed by atoms with van der Waals surface area (Å²) in [5, 5.41) is 0. The van der Waals surface area contributed by atoms with Crippen LogP contribution in [-0.2, 0) is 4.79 Å². The number of hydrogen-bond donors (Lipinski definition) is 0. The lowest BCUT2D eigenvalue weighted by Crippen LogP contribution is -2.29. The average molecular weight is 248 g/mol. The molecule has 1 atom stereocenters. The summed E-state index contributed by atoms with van der Waals surface area (Å²) in [4.78, 5) is 24.5. The molecule has 1 aromatic rings. The minimum Gasteiger partial charge on any atom is -0.363 e. The van der Waals surface area contributed by atoms with Crippen LogP contribution in [0.2, 0.25) is 0 Å². The van der Waals surface area contributed by atoms with Crippen molar-refractivity contribution in [3.05, 3.63) is 17.6 Å². The predicted octanol–water partition coefficient (Wildman–Crippen LogP) is 1.53. The lowest BCUT2D eigenvalue weighted by molar-refractivity contribution is -0.129. The summed E-state index contributed by atoms with van der Waals surface area (Å²) in [6.07, 6.45) is 1.98. The summed E-state index contributed by atoms with van der Waals surface area (Å²) < 4.78 is 0. The van der Waals surface area contributed by atoms with Crippen molar-refractivity contribution in [3.63, 3.8) is 0 Å². The Hall–Kier alpha value is -1.65. The van der Waals surface area contributed by atoms with E-state index in [2.05, 4.69) is 9.97 Å². The van der Waals surface area contributed by atoms with Crippen molar-refractivity contribution in [3.8, 4) is 0 Å². The van der Waals surface area contributed by atoms with Crippen molar-refractivity contribution >= 4 is 11.7 Å². The van der Waals surface area contributed by atoms with Crippen LogP contribution in [0.4, 0.5) is 5.82 Å². The summed E-state index contributed by atoms with van der Waals surface area (Å²) in [7, 11) is 3.92. The van der Waals surface area contributed by atoms with E-state index in [9.17, 15) is 4.79 Å². The van der Waals surface area contributed by atoms with Gasteiger partial charge in [0.1, 0.15) is 5.82 Å². The maximum Gasteiger partial charge on any atom is 0.220 e. The number of anilines is 1. The molecular formula is C13H20N4O. The molecule has 2 heterocycles. The Bertz CT molecular complexity index is 458. The van der Waals surface area contributed by atoms with Gasteiger partial charge >= 0.3 is 0 Å². The van der Waals surface area contributed by atoms with E-state index >= 15 is 0 Å². The van der Waals surface area contributed by atoms with Crippen molar-refractivity contribution in [2.75, 3.05) is 25.5 Å². The lowest BCUT2D eigenvalue weighted by atomic mass is 10.2. The molecular weight excluding hydrogens is 228 g/mol. The standard InChI is InChI=1S/C13H20N4O/c1-9-8-12(16(3)4)15-13(14-9)11-6-5-7-17(11)10(2)18/h8,11H,5-7H2,1-4H3/t11-/m1/s1. The molecule has 0 spiro atoms. The summed E-state index contributed by atoms with van der Waals surface area (Å²) in [5.41, 5.74) is 0.944. The number of rotatable bonds is 2. The van der Waals surface area contributed by atoms with Gasteiger partial charge in [-0.25, -0.2) is 9.97 Å². The first-order valence-corrected chi connectivity index (χ1v) is 6.29. The highest BCUT2D eigenvalue weighted by molar-refractivity contribution is 5.74. The number of amides is 1. The fourth-order valence-corrected chi connectivity index (χ4v) is 2.36. The van der Waals surface area contributed by atoms with Crippen LogP contribution in [0.5, 0.6) is 0 Å². The van der Waals surface area contributed by atoms with E-state index in [1.165, 1.54) is 0 Å². The van der Waals surface area contributed by atoms with Crippen LogP contribution in [0.1, 0.15) is 37.3 Å². The maximum absolute atomic E-state index is 11.6. The average Bonchev–Trinajstić information content (AvgIpc) is 2.76. The lowest BCUT2D eigenvalue weighted by Gasteiger charge is -2.23. The second-order valence-corrected chi connectivity index (χ2v) is 4.99. The molecule has 2 rings (SSSR count). The summed E-state index contributed by atoms with van der Waals surface area (Å²) in [6, 6.07) is 2.00. The number of likely N-dealkylation sites (tertiary alicyclic amines) is 1. The summed E-state index contributed by atoms with van der Waals surface area (Å²) in [5.74, 6) is 1.77. The van der Waals surface area contributed by atoms with Crippen LogP contribution >= 0.6 is 0 Å². The molecule has 0 aromatic carbocycles. The fourth-order valence-electron chi connectivity index (χ4n) is 2.36. The van der Waals surface area contributed by atoms with E-state index in [4.69, 9.17) is 0 Å². The van der Waals surface area contributed by atoms with Gasteiger partial charge in [0.05, 0.1) is 6.04 Å². The first-order chi connectivity index (χ1) is 8.49. The minimum atomic E-state index is 0.0427. The van der Waals surface area contributed by atoms with Gasteiger partial charge in [0, 0.05) is 39.3 Å². The Morgan fingerprint density at radius 2 is 2.17 bits per heavy atom. The number of carbonyl (C=O) groups excluding carboxylic acids is 1. The van der Waals surface area contributed by atoms with Gasteiger partial charge in [-0.3, -0.25) is 4.79 Å². The molecule has 1 aromatic heterocycles. The van der Waals surface area contributed by atoms with Crippen molar-refractivity contribution in [2.24, 2.45) is 0 Å². The third kappa shape index (κ3) is 2.44. The minimum absolute atomic E-state index is 0.0427. The Morgan fingerprint density at radius 3 is 2.78 bits per heavy atom. The van der Waals surface area contributed by atoms with Gasteiger partial charge in [0.15, 0.2) is 5.82 Å². The van der Waals surface area contributed by atoms with Gasteiger partial charge < -0.3 is 9.80 Å². The smallest absolute Gasteiger partial charge is 0.220 e.